The van der Waals surface area contributed by atoms with Crippen molar-refractivity contribution in [2.45, 2.75) is 19.4 Å². The van der Waals surface area contributed by atoms with Crippen molar-refractivity contribution >= 4 is 22.3 Å². The summed E-state index contributed by atoms with van der Waals surface area (Å²) >= 11 is 0. The van der Waals surface area contributed by atoms with E-state index in [4.69, 9.17) is 0 Å². The Labute approximate surface area is 146 Å². The molecule has 1 N–H and O–H groups in total. The molecule has 1 aliphatic rings. The first-order valence-electron chi connectivity index (χ1n) is 8.44. The largest absolute Gasteiger partial charge is 0.379 e. The van der Waals surface area contributed by atoms with E-state index in [1.807, 2.05) is 49.2 Å². The van der Waals surface area contributed by atoms with Gasteiger partial charge in [0.2, 0.25) is 0 Å². The second kappa shape index (κ2) is 6.10. The Balaban J connectivity index is 1.63. The maximum atomic E-state index is 9.50. The number of hydrogen-bond acceptors (Lipinski definition) is 5. The van der Waals surface area contributed by atoms with Crippen LogP contribution in [0.2, 0.25) is 0 Å². The fourth-order valence-corrected chi connectivity index (χ4v) is 3.50. The number of hydrogen-bond donors (Lipinski definition) is 1. The average molecular weight is 332 g/mol. The highest BCUT2D eigenvalue weighted by atomic mass is 15.3. The van der Waals surface area contributed by atoms with Gasteiger partial charge in [-0.1, -0.05) is 18.2 Å². The highest BCUT2D eigenvalue weighted by molar-refractivity contribution is 5.95. The summed E-state index contributed by atoms with van der Waals surface area (Å²) in [6.07, 6.45) is 6.63. The number of para-hydroxylation sites is 1. The average Bonchev–Trinajstić information content (AvgIpc) is 3.24. The summed E-state index contributed by atoms with van der Waals surface area (Å²) in [7, 11) is 1.93. The van der Waals surface area contributed by atoms with Gasteiger partial charge >= 0.3 is 0 Å². The standard InChI is InChI=1S/C19H20N6/c1-13-4-3-5-17-18(13)21-9-14(8-20)19(17)23-15-6-7-25(11-15)16-10-22-24(2)12-16/h3-5,9-10,12,15H,6-7,11H2,1-2H3,(H,21,23)/t15-/m1/s1. The van der Waals surface area contributed by atoms with E-state index in [9.17, 15) is 5.26 Å². The first-order valence-corrected chi connectivity index (χ1v) is 8.44. The Morgan fingerprint density at radius 3 is 2.96 bits per heavy atom. The number of benzene rings is 1. The monoisotopic (exact) mass is 332 g/mol. The molecule has 6 nitrogen and oxygen atoms in total. The van der Waals surface area contributed by atoms with Crippen LogP contribution in [0.15, 0.2) is 36.8 Å². The number of aromatic nitrogens is 3. The SMILES string of the molecule is Cc1cccc2c(N[C@@H]3CCN(c4cnn(C)c4)C3)c(C#N)cnc12. The molecule has 25 heavy (non-hydrogen) atoms. The summed E-state index contributed by atoms with van der Waals surface area (Å²) in [6.45, 7) is 3.92. The van der Waals surface area contributed by atoms with Gasteiger partial charge in [-0.25, -0.2) is 0 Å². The lowest BCUT2D eigenvalue weighted by molar-refractivity contribution is 0.767. The Morgan fingerprint density at radius 2 is 2.20 bits per heavy atom. The minimum Gasteiger partial charge on any atom is -0.379 e. The number of pyridine rings is 1. The molecule has 0 aliphatic carbocycles. The molecular formula is C19H20N6. The highest BCUT2D eigenvalue weighted by Crippen LogP contribution is 2.30. The molecule has 3 aromatic rings. The van der Waals surface area contributed by atoms with Gasteiger partial charge in [0.25, 0.3) is 0 Å². The zero-order valence-corrected chi connectivity index (χ0v) is 14.4. The molecule has 0 amide bonds. The van der Waals surface area contributed by atoms with Gasteiger partial charge < -0.3 is 10.2 Å². The predicted octanol–water partition coefficient (Wildman–Crippen LogP) is 2.84. The first-order chi connectivity index (χ1) is 12.2. The van der Waals surface area contributed by atoms with Crippen LogP contribution in [0.4, 0.5) is 11.4 Å². The van der Waals surface area contributed by atoms with Crippen molar-refractivity contribution in [2.75, 3.05) is 23.3 Å². The lowest BCUT2D eigenvalue weighted by Crippen LogP contribution is -2.26. The fraction of sp³-hybridized carbons (Fsp3) is 0.316. The van der Waals surface area contributed by atoms with Crippen LogP contribution in [-0.4, -0.2) is 33.9 Å². The predicted molar refractivity (Wildman–Crippen MR) is 98.6 cm³/mol. The molecule has 1 saturated heterocycles. The summed E-state index contributed by atoms with van der Waals surface area (Å²) in [5, 5.41) is 18.4. The van der Waals surface area contributed by atoms with E-state index in [0.717, 1.165) is 47.4 Å². The van der Waals surface area contributed by atoms with Gasteiger partial charge in [-0.3, -0.25) is 9.67 Å². The maximum Gasteiger partial charge on any atom is 0.103 e. The van der Waals surface area contributed by atoms with E-state index in [1.54, 1.807) is 6.20 Å². The third-order valence-corrected chi connectivity index (χ3v) is 4.81. The Hall–Kier alpha value is -3.07. The molecule has 0 saturated carbocycles. The molecule has 1 aliphatic heterocycles. The molecule has 1 fully saturated rings. The van der Waals surface area contributed by atoms with Crippen LogP contribution in [0.5, 0.6) is 0 Å². The van der Waals surface area contributed by atoms with Crippen molar-refractivity contribution in [1.82, 2.24) is 14.8 Å². The third-order valence-electron chi connectivity index (χ3n) is 4.81. The number of nitrogens with one attached hydrogen (secondary N) is 1. The Kier molecular flexibility index (Phi) is 3.77. The molecule has 0 spiro atoms. The van der Waals surface area contributed by atoms with Crippen molar-refractivity contribution in [2.24, 2.45) is 7.05 Å². The second-order valence-corrected chi connectivity index (χ2v) is 6.58. The summed E-state index contributed by atoms with van der Waals surface area (Å²) in [5.41, 5.74) is 4.70. The lowest BCUT2D eigenvalue weighted by atomic mass is 10.1. The van der Waals surface area contributed by atoms with Gasteiger partial charge in [0, 0.05) is 44.0 Å². The Morgan fingerprint density at radius 1 is 1.32 bits per heavy atom. The quantitative estimate of drug-likeness (QED) is 0.799. The minimum atomic E-state index is 0.290. The molecule has 0 unspecified atom stereocenters. The number of aryl methyl sites for hydroxylation is 2. The van der Waals surface area contributed by atoms with Crippen LogP contribution in [0.1, 0.15) is 17.5 Å². The van der Waals surface area contributed by atoms with Crippen LogP contribution >= 0.6 is 0 Å². The van der Waals surface area contributed by atoms with Crippen LogP contribution in [0.25, 0.3) is 10.9 Å². The van der Waals surface area contributed by atoms with Crippen molar-refractivity contribution in [3.05, 3.63) is 47.9 Å². The molecule has 1 atom stereocenters. The summed E-state index contributed by atoms with van der Waals surface area (Å²) in [5.74, 6) is 0. The summed E-state index contributed by atoms with van der Waals surface area (Å²) in [4.78, 5) is 6.79. The van der Waals surface area contributed by atoms with Crippen molar-refractivity contribution in [3.8, 4) is 6.07 Å². The molecule has 0 bridgehead atoms. The molecule has 1 aromatic carbocycles. The van der Waals surface area contributed by atoms with E-state index < -0.39 is 0 Å². The van der Waals surface area contributed by atoms with Gasteiger partial charge in [-0.05, 0) is 18.9 Å². The molecule has 4 rings (SSSR count). The number of fused-ring (bicyclic) bond motifs is 1. The number of nitrogens with zero attached hydrogens (tertiary/aromatic N) is 5. The van der Waals surface area contributed by atoms with E-state index in [-0.39, 0.29) is 0 Å². The van der Waals surface area contributed by atoms with Gasteiger partial charge in [0.1, 0.15) is 6.07 Å². The maximum absolute atomic E-state index is 9.50. The van der Waals surface area contributed by atoms with E-state index in [1.165, 1.54) is 0 Å². The van der Waals surface area contributed by atoms with E-state index in [0.29, 0.717) is 11.6 Å². The topological polar surface area (TPSA) is 69.8 Å². The number of rotatable bonds is 3. The lowest BCUT2D eigenvalue weighted by Gasteiger charge is -2.19. The Bertz CT molecular complexity index is 968. The van der Waals surface area contributed by atoms with Gasteiger partial charge in [0.05, 0.1) is 28.7 Å². The zero-order valence-electron chi connectivity index (χ0n) is 14.4. The number of nitriles is 1. The van der Waals surface area contributed by atoms with Crippen molar-refractivity contribution < 1.29 is 0 Å². The highest BCUT2D eigenvalue weighted by Gasteiger charge is 2.25. The van der Waals surface area contributed by atoms with E-state index >= 15 is 0 Å². The van der Waals surface area contributed by atoms with Crippen LogP contribution in [0.3, 0.4) is 0 Å². The molecule has 3 heterocycles. The molecule has 126 valence electrons. The normalized spacial score (nSPS) is 17.0. The van der Waals surface area contributed by atoms with Gasteiger partial charge in [0.15, 0.2) is 0 Å². The van der Waals surface area contributed by atoms with Crippen LogP contribution in [0, 0.1) is 18.3 Å². The molecule has 0 radical (unpaired) electrons. The van der Waals surface area contributed by atoms with E-state index in [2.05, 4.69) is 26.4 Å². The van der Waals surface area contributed by atoms with Gasteiger partial charge in [-0.2, -0.15) is 10.4 Å². The van der Waals surface area contributed by atoms with Gasteiger partial charge in [-0.15, -0.1) is 0 Å². The summed E-state index contributed by atoms with van der Waals surface area (Å²) < 4.78 is 1.82. The first kappa shape index (κ1) is 15.5. The van der Waals surface area contributed by atoms with Crippen LogP contribution < -0.4 is 10.2 Å². The number of anilines is 2. The zero-order chi connectivity index (χ0) is 17.4. The second-order valence-electron chi connectivity index (χ2n) is 6.58. The molecule has 2 aromatic heterocycles. The van der Waals surface area contributed by atoms with Crippen molar-refractivity contribution in [3.63, 3.8) is 0 Å². The molecular weight excluding hydrogens is 312 g/mol. The smallest absolute Gasteiger partial charge is 0.103 e. The van der Waals surface area contributed by atoms with Crippen LogP contribution in [-0.2, 0) is 7.05 Å². The third kappa shape index (κ3) is 2.78. The summed E-state index contributed by atoms with van der Waals surface area (Å²) in [6, 6.07) is 8.66. The fourth-order valence-electron chi connectivity index (χ4n) is 3.50. The molecule has 6 heteroatoms. The minimum absolute atomic E-state index is 0.290. The van der Waals surface area contributed by atoms with Crippen molar-refractivity contribution in [1.29, 1.82) is 5.26 Å².